The fourth-order valence-corrected chi connectivity index (χ4v) is 2.62. The van der Waals surface area contributed by atoms with Crippen molar-refractivity contribution in [2.24, 2.45) is 0 Å². The largest absolute Gasteiger partial charge is 0.369 e. The molecule has 0 bridgehead atoms. The van der Waals surface area contributed by atoms with E-state index in [-0.39, 0.29) is 5.91 Å². The molecule has 2 N–H and O–H groups in total. The summed E-state index contributed by atoms with van der Waals surface area (Å²) in [6.07, 6.45) is 1.74. The molecule has 4 nitrogen and oxygen atoms in total. The minimum Gasteiger partial charge on any atom is -0.369 e. The Balaban J connectivity index is 2.07. The van der Waals surface area contributed by atoms with Gasteiger partial charge in [-0.3, -0.25) is 4.79 Å². The summed E-state index contributed by atoms with van der Waals surface area (Å²) < 4.78 is 0.860. The lowest BCUT2D eigenvalue weighted by atomic mass is 10.2. The van der Waals surface area contributed by atoms with Crippen LogP contribution in [0.15, 0.2) is 41.0 Å². The van der Waals surface area contributed by atoms with Crippen LogP contribution in [0.5, 0.6) is 0 Å². The first-order chi connectivity index (χ1) is 10.0. The second kappa shape index (κ2) is 6.80. The molecule has 0 unspecified atom stereocenters. The molecule has 1 aromatic carbocycles. The summed E-state index contributed by atoms with van der Waals surface area (Å²) in [4.78, 5) is 17.2. The molecular weight excluding hydrogens is 330 g/mol. The molecule has 0 aliphatic rings. The third-order valence-electron chi connectivity index (χ3n) is 3.31. The summed E-state index contributed by atoms with van der Waals surface area (Å²) >= 11 is 3.32. The van der Waals surface area contributed by atoms with Crippen molar-refractivity contribution in [1.29, 1.82) is 0 Å². The number of anilines is 2. The van der Waals surface area contributed by atoms with Gasteiger partial charge in [-0.2, -0.15) is 0 Å². The van der Waals surface area contributed by atoms with Gasteiger partial charge in [-0.25, -0.2) is 0 Å². The van der Waals surface area contributed by atoms with Crippen molar-refractivity contribution in [2.75, 3.05) is 16.8 Å². The van der Waals surface area contributed by atoms with Gasteiger partial charge in [-0.15, -0.1) is 0 Å². The highest BCUT2D eigenvalue weighted by Crippen LogP contribution is 2.20. The van der Waals surface area contributed by atoms with Crippen molar-refractivity contribution in [3.8, 4) is 0 Å². The van der Waals surface area contributed by atoms with E-state index in [4.69, 9.17) is 0 Å². The number of carbonyl (C=O) groups is 1. The highest BCUT2D eigenvalue weighted by atomic mass is 79.9. The smallest absolute Gasteiger partial charge is 0.272 e. The molecule has 1 heterocycles. The van der Waals surface area contributed by atoms with Gasteiger partial charge >= 0.3 is 0 Å². The van der Waals surface area contributed by atoms with E-state index in [1.54, 1.807) is 12.3 Å². The van der Waals surface area contributed by atoms with Gasteiger partial charge in [0.25, 0.3) is 5.91 Å². The Hall–Kier alpha value is -1.75. The van der Waals surface area contributed by atoms with Crippen LogP contribution in [0.3, 0.4) is 0 Å². The van der Waals surface area contributed by atoms with E-state index in [9.17, 15) is 4.79 Å². The Bertz CT molecular complexity index is 604. The molecule has 0 spiro atoms. The Morgan fingerprint density at radius 1 is 1.33 bits per heavy atom. The van der Waals surface area contributed by atoms with Crippen molar-refractivity contribution in [1.82, 2.24) is 4.98 Å². The normalized spacial score (nSPS) is 10.7. The molecule has 1 aromatic heterocycles. The van der Waals surface area contributed by atoms with Crippen LogP contribution in [-0.2, 0) is 0 Å². The van der Waals surface area contributed by atoms with Crippen molar-refractivity contribution in [3.63, 3.8) is 0 Å². The molecule has 1 amide bonds. The van der Waals surface area contributed by atoms with E-state index in [2.05, 4.69) is 51.9 Å². The van der Waals surface area contributed by atoms with E-state index >= 15 is 0 Å². The van der Waals surface area contributed by atoms with Crippen LogP contribution < -0.4 is 10.2 Å². The van der Waals surface area contributed by atoms with Crippen LogP contribution in [0.25, 0.3) is 0 Å². The molecular formula is C16H20BrN3O. The lowest BCUT2D eigenvalue weighted by Gasteiger charge is -2.27. The standard InChI is InChI=1S/C16H20BrN3O/c1-4-20(11(2)3)14-7-5-13(6-8-14)19-16(21)15-9-12(17)10-18-15/h5-11,18H,4H2,1-3H3,(H,19,21). The summed E-state index contributed by atoms with van der Waals surface area (Å²) in [5, 5.41) is 2.88. The fourth-order valence-electron chi connectivity index (χ4n) is 2.28. The lowest BCUT2D eigenvalue weighted by Crippen LogP contribution is -2.30. The maximum atomic E-state index is 12.0. The van der Waals surface area contributed by atoms with Gasteiger partial charge in [0.2, 0.25) is 0 Å². The van der Waals surface area contributed by atoms with Crippen LogP contribution in [0.1, 0.15) is 31.3 Å². The highest BCUT2D eigenvalue weighted by Gasteiger charge is 2.10. The van der Waals surface area contributed by atoms with Gasteiger partial charge in [-0.05, 0) is 67.0 Å². The first kappa shape index (κ1) is 15.6. The van der Waals surface area contributed by atoms with E-state index in [0.717, 1.165) is 22.4 Å². The number of nitrogens with one attached hydrogen (secondary N) is 2. The third kappa shape index (κ3) is 3.88. The van der Waals surface area contributed by atoms with Crippen LogP contribution >= 0.6 is 15.9 Å². The van der Waals surface area contributed by atoms with Gasteiger partial charge in [0, 0.05) is 34.6 Å². The third-order valence-corrected chi connectivity index (χ3v) is 3.77. The molecule has 0 aliphatic carbocycles. The minimum atomic E-state index is -0.148. The zero-order valence-corrected chi connectivity index (χ0v) is 14.1. The van der Waals surface area contributed by atoms with Gasteiger partial charge in [0.15, 0.2) is 0 Å². The molecule has 0 saturated heterocycles. The number of amides is 1. The Morgan fingerprint density at radius 3 is 2.48 bits per heavy atom. The van der Waals surface area contributed by atoms with Crippen molar-refractivity contribution in [2.45, 2.75) is 26.8 Å². The monoisotopic (exact) mass is 349 g/mol. The first-order valence-electron chi connectivity index (χ1n) is 7.03. The average Bonchev–Trinajstić information content (AvgIpc) is 2.88. The molecule has 2 rings (SSSR count). The van der Waals surface area contributed by atoms with E-state index in [0.29, 0.717) is 11.7 Å². The van der Waals surface area contributed by atoms with Crippen molar-refractivity contribution < 1.29 is 4.79 Å². The predicted molar refractivity (Wildman–Crippen MR) is 91.0 cm³/mol. The Kier molecular flexibility index (Phi) is 5.07. The number of benzene rings is 1. The summed E-state index contributed by atoms with van der Waals surface area (Å²) in [5.74, 6) is -0.148. The topological polar surface area (TPSA) is 48.1 Å². The summed E-state index contributed by atoms with van der Waals surface area (Å²) in [7, 11) is 0. The highest BCUT2D eigenvalue weighted by molar-refractivity contribution is 9.10. The number of H-pyrrole nitrogens is 1. The average molecular weight is 350 g/mol. The van der Waals surface area contributed by atoms with Crippen LogP contribution in [-0.4, -0.2) is 23.5 Å². The van der Waals surface area contributed by atoms with Gasteiger partial charge in [0.1, 0.15) is 5.69 Å². The zero-order valence-electron chi connectivity index (χ0n) is 12.5. The molecule has 0 aliphatic heterocycles. The van der Waals surface area contributed by atoms with E-state index < -0.39 is 0 Å². The van der Waals surface area contributed by atoms with Gasteiger partial charge < -0.3 is 15.2 Å². The summed E-state index contributed by atoms with van der Waals surface area (Å²) in [6.45, 7) is 7.43. The SMILES string of the molecule is CCN(c1ccc(NC(=O)c2cc(Br)c[nH]2)cc1)C(C)C. The summed E-state index contributed by atoms with van der Waals surface area (Å²) in [6, 6.07) is 10.1. The fraction of sp³-hybridized carbons (Fsp3) is 0.312. The molecule has 0 fully saturated rings. The van der Waals surface area contributed by atoms with E-state index in [1.165, 1.54) is 0 Å². The molecule has 0 saturated carbocycles. The summed E-state index contributed by atoms with van der Waals surface area (Å²) in [5.41, 5.74) is 2.48. The van der Waals surface area contributed by atoms with Gasteiger partial charge in [0.05, 0.1) is 0 Å². The number of hydrogen-bond donors (Lipinski definition) is 2. The van der Waals surface area contributed by atoms with Crippen molar-refractivity contribution in [3.05, 3.63) is 46.7 Å². The first-order valence-corrected chi connectivity index (χ1v) is 7.82. The number of rotatable bonds is 5. The minimum absolute atomic E-state index is 0.148. The lowest BCUT2D eigenvalue weighted by molar-refractivity contribution is 0.102. The van der Waals surface area contributed by atoms with Crippen LogP contribution in [0, 0.1) is 0 Å². The number of hydrogen-bond acceptors (Lipinski definition) is 2. The van der Waals surface area contributed by atoms with Crippen LogP contribution in [0.4, 0.5) is 11.4 Å². The second-order valence-corrected chi connectivity index (χ2v) is 6.03. The molecule has 2 aromatic rings. The number of halogens is 1. The quantitative estimate of drug-likeness (QED) is 0.846. The van der Waals surface area contributed by atoms with Crippen LogP contribution in [0.2, 0.25) is 0 Å². The van der Waals surface area contributed by atoms with Crippen molar-refractivity contribution >= 4 is 33.2 Å². The molecule has 5 heteroatoms. The Labute approximate surface area is 133 Å². The predicted octanol–water partition coefficient (Wildman–Crippen LogP) is 4.26. The van der Waals surface area contributed by atoms with Gasteiger partial charge in [-0.1, -0.05) is 0 Å². The molecule has 0 radical (unpaired) electrons. The number of aromatic amines is 1. The number of nitrogens with zero attached hydrogens (tertiary/aromatic N) is 1. The number of aromatic nitrogens is 1. The zero-order chi connectivity index (χ0) is 15.4. The van der Waals surface area contributed by atoms with E-state index in [1.807, 2.05) is 24.3 Å². The maximum absolute atomic E-state index is 12.0. The maximum Gasteiger partial charge on any atom is 0.272 e. The Morgan fingerprint density at radius 2 is 2.00 bits per heavy atom. The number of carbonyl (C=O) groups excluding carboxylic acids is 1. The molecule has 0 atom stereocenters. The molecule has 21 heavy (non-hydrogen) atoms. The molecule has 112 valence electrons. The second-order valence-electron chi connectivity index (χ2n) is 5.11.